The van der Waals surface area contributed by atoms with Crippen molar-refractivity contribution in [3.8, 4) is 23.0 Å². The molecular formula is C32H50O7Si2. The fourth-order valence-electron chi connectivity index (χ4n) is 4.36. The van der Waals surface area contributed by atoms with E-state index >= 15 is 0 Å². The van der Waals surface area contributed by atoms with E-state index in [9.17, 15) is 9.90 Å². The first-order valence-corrected chi connectivity index (χ1v) is 20.2. The summed E-state index contributed by atoms with van der Waals surface area (Å²) >= 11 is 0. The second-order valence-corrected chi connectivity index (χ2v) is 23.6. The molecule has 0 radical (unpaired) electrons. The summed E-state index contributed by atoms with van der Waals surface area (Å²) in [4.78, 5) is 12.8. The third kappa shape index (κ3) is 7.29. The number of carbonyl (C=O) groups is 1. The van der Waals surface area contributed by atoms with Crippen molar-refractivity contribution in [2.24, 2.45) is 11.8 Å². The Morgan fingerprint density at radius 2 is 1.32 bits per heavy atom. The van der Waals surface area contributed by atoms with Crippen LogP contribution in [0.3, 0.4) is 0 Å². The summed E-state index contributed by atoms with van der Waals surface area (Å²) in [5.74, 6) is 1.36. The van der Waals surface area contributed by atoms with Crippen LogP contribution < -0.4 is 18.3 Å². The van der Waals surface area contributed by atoms with Crippen molar-refractivity contribution in [3.63, 3.8) is 0 Å². The van der Waals surface area contributed by atoms with Crippen LogP contribution in [0.4, 0.5) is 0 Å². The number of hydrogen-bond acceptors (Lipinski definition) is 7. The van der Waals surface area contributed by atoms with Crippen LogP contribution in [-0.4, -0.2) is 48.5 Å². The van der Waals surface area contributed by atoms with Gasteiger partial charge in [0.05, 0.1) is 32.8 Å². The minimum atomic E-state index is -2.09. The zero-order valence-electron chi connectivity index (χ0n) is 27.0. The third-order valence-corrected chi connectivity index (χ3v) is 17.9. The molecule has 7 nitrogen and oxygen atoms in total. The summed E-state index contributed by atoms with van der Waals surface area (Å²) in [5.41, 5.74) is 1.58. The van der Waals surface area contributed by atoms with Crippen molar-refractivity contribution in [1.82, 2.24) is 0 Å². The maximum absolute atomic E-state index is 12.8. The van der Waals surface area contributed by atoms with Crippen LogP contribution in [0.15, 0.2) is 36.4 Å². The van der Waals surface area contributed by atoms with Gasteiger partial charge in [0, 0.05) is 5.92 Å². The van der Waals surface area contributed by atoms with Gasteiger partial charge in [-0.25, -0.2) is 0 Å². The van der Waals surface area contributed by atoms with Gasteiger partial charge in [0.25, 0.3) is 16.6 Å². The second-order valence-electron chi connectivity index (χ2n) is 14.2. The average molecular weight is 603 g/mol. The molecule has 0 saturated carbocycles. The molecule has 3 atom stereocenters. The number of methoxy groups -OCH3 is 2. The molecule has 2 aromatic rings. The number of aliphatic hydroxyl groups is 1. The maximum atomic E-state index is 12.8. The van der Waals surface area contributed by atoms with Crippen LogP contribution in [0, 0.1) is 11.8 Å². The van der Waals surface area contributed by atoms with Crippen LogP contribution in [-0.2, 0) is 16.0 Å². The predicted molar refractivity (Wildman–Crippen MR) is 168 cm³/mol. The van der Waals surface area contributed by atoms with Crippen LogP contribution in [0.5, 0.6) is 23.0 Å². The van der Waals surface area contributed by atoms with Crippen LogP contribution in [0.25, 0.3) is 0 Å². The van der Waals surface area contributed by atoms with Crippen LogP contribution >= 0.6 is 0 Å². The van der Waals surface area contributed by atoms with Crippen molar-refractivity contribution < 1.29 is 33.0 Å². The third-order valence-electron chi connectivity index (χ3n) is 9.20. The first kappa shape index (κ1) is 33.0. The first-order chi connectivity index (χ1) is 18.8. The van der Waals surface area contributed by atoms with Gasteiger partial charge in [-0.2, -0.15) is 0 Å². The molecule has 3 rings (SSSR count). The molecule has 0 amide bonds. The van der Waals surface area contributed by atoms with E-state index in [1.165, 1.54) is 0 Å². The SMILES string of the molecule is COc1cc(C[C@H]2C(=O)OC[C@@H]2[C@H](O)c2ccc(O[Si](C)(C)C(C)(C)C)c(OC)c2)ccc1O[Si](C)(C)C(C)(C)C. The molecule has 1 aliphatic rings. The highest BCUT2D eigenvalue weighted by Crippen LogP contribution is 2.44. The van der Waals surface area contributed by atoms with Gasteiger partial charge in [0.1, 0.15) is 11.5 Å². The lowest BCUT2D eigenvalue weighted by molar-refractivity contribution is -0.141. The number of cyclic esters (lactones) is 1. The number of esters is 1. The summed E-state index contributed by atoms with van der Waals surface area (Å²) in [6.45, 7) is 22.1. The number of carbonyl (C=O) groups excluding carboxylic acids is 1. The molecule has 0 bridgehead atoms. The lowest BCUT2D eigenvalue weighted by atomic mass is 9.83. The van der Waals surface area contributed by atoms with Crippen LogP contribution in [0.1, 0.15) is 58.8 Å². The van der Waals surface area contributed by atoms with E-state index in [2.05, 4.69) is 67.7 Å². The first-order valence-electron chi connectivity index (χ1n) is 14.4. The minimum absolute atomic E-state index is 0.0305. The van der Waals surface area contributed by atoms with E-state index in [1.54, 1.807) is 14.2 Å². The van der Waals surface area contributed by atoms with Crippen molar-refractivity contribution in [1.29, 1.82) is 0 Å². The molecule has 0 aliphatic carbocycles. The van der Waals surface area contributed by atoms with Crippen LogP contribution in [0.2, 0.25) is 36.3 Å². The summed E-state index contributed by atoms with van der Waals surface area (Å²) in [6.07, 6.45) is -0.494. The predicted octanol–water partition coefficient (Wildman–Crippen LogP) is 7.54. The number of ether oxygens (including phenoxy) is 3. The van der Waals surface area contributed by atoms with Gasteiger partial charge < -0.3 is 28.2 Å². The van der Waals surface area contributed by atoms with Crippen molar-refractivity contribution in [2.45, 2.75) is 90.3 Å². The molecular weight excluding hydrogens is 553 g/mol. The largest absolute Gasteiger partial charge is 0.541 e. The van der Waals surface area contributed by atoms with Gasteiger partial charge in [-0.3, -0.25) is 4.79 Å². The Kier molecular flexibility index (Phi) is 9.67. The van der Waals surface area contributed by atoms with Gasteiger partial charge in [0.15, 0.2) is 11.5 Å². The molecule has 1 fully saturated rings. The van der Waals surface area contributed by atoms with E-state index in [0.29, 0.717) is 35.0 Å². The lowest BCUT2D eigenvalue weighted by Crippen LogP contribution is -2.43. The Labute approximate surface area is 248 Å². The number of aliphatic hydroxyl groups excluding tert-OH is 1. The molecule has 0 unspecified atom stereocenters. The highest BCUT2D eigenvalue weighted by Gasteiger charge is 2.43. The summed E-state index contributed by atoms with van der Waals surface area (Å²) in [6, 6.07) is 11.3. The Hall–Kier alpha value is -2.50. The molecule has 1 heterocycles. The Bertz CT molecular complexity index is 1230. The number of rotatable bonds is 10. The zero-order chi connectivity index (χ0) is 31.0. The zero-order valence-corrected chi connectivity index (χ0v) is 29.0. The van der Waals surface area contributed by atoms with Crippen molar-refractivity contribution in [3.05, 3.63) is 47.5 Å². The average Bonchev–Trinajstić information content (AvgIpc) is 3.22. The molecule has 1 aliphatic heterocycles. The van der Waals surface area contributed by atoms with E-state index in [-0.39, 0.29) is 22.7 Å². The van der Waals surface area contributed by atoms with Gasteiger partial charge in [-0.15, -0.1) is 0 Å². The summed E-state index contributed by atoms with van der Waals surface area (Å²) < 4.78 is 29.8. The highest BCUT2D eigenvalue weighted by molar-refractivity contribution is 6.75. The minimum Gasteiger partial charge on any atom is -0.541 e. The highest BCUT2D eigenvalue weighted by atomic mass is 28.4. The van der Waals surface area contributed by atoms with Gasteiger partial charge >= 0.3 is 5.97 Å². The summed E-state index contributed by atoms with van der Waals surface area (Å²) in [5, 5.41) is 11.5. The summed E-state index contributed by atoms with van der Waals surface area (Å²) in [7, 11) is -0.923. The topological polar surface area (TPSA) is 83.5 Å². The molecule has 1 saturated heterocycles. The molecule has 228 valence electrons. The molecule has 9 heteroatoms. The Balaban J connectivity index is 1.83. The second kappa shape index (κ2) is 12.0. The fraction of sp³-hybridized carbons (Fsp3) is 0.594. The van der Waals surface area contributed by atoms with Gasteiger partial charge in [-0.1, -0.05) is 53.7 Å². The van der Waals surface area contributed by atoms with E-state index < -0.39 is 34.6 Å². The molecule has 41 heavy (non-hydrogen) atoms. The Morgan fingerprint density at radius 3 is 1.80 bits per heavy atom. The quantitative estimate of drug-likeness (QED) is 0.222. The standard InChI is InChI=1S/C32H50O7Si2/c1-31(2,3)40(9,10)38-25-15-13-21(18-27(25)35-7)17-23-24(20-37-30(23)34)29(33)22-14-16-26(28(19-22)36-8)39-41(11,12)32(4,5)6/h13-16,18-19,23-24,29,33H,17,20H2,1-12H3/t23-,24+,29-/m1/s1. The van der Waals surface area contributed by atoms with Gasteiger partial charge in [-0.05, 0) is 78.1 Å². The van der Waals surface area contributed by atoms with E-state index in [0.717, 1.165) is 5.56 Å². The van der Waals surface area contributed by atoms with Gasteiger partial charge in [0.2, 0.25) is 0 Å². The molecule has 0 aromatic heterocycles. The smallest absolute Gasteiger partial charge is 0.309 e. The Morgan fingerprint density at radius 1 is 0.829 bits per heavy atom. The molecule has 0 spiro atoms. The number of benzene rings is 2. The lowest BCUT2D eigenvalue weighted by Gasteiger charge is -2.37. The number of hydrogen-bond donors (Lipinski definition) is 1. The normalized spacial score (nSPS) is 19.0. The van der Waals surface area contributed by atoms with Crippen molar-refractivity contribution >= 4 is 22.6 Å². The van der Waals surface area contributed by atoms with E-state index in [1.807, 2.05) is 36.4 Å². The van der Waals surface area contributed by atoms with E-state index in [4.69, 9.17) is 23.1 Å². The van der Waals surface area contributed by atoms with Crippen molar-refractivity contribution in [2.75, 3.05) is 20.8 Å². The molecule has 1 N–H and O–H groups in total. The monoisotopic (exact) mass is 602 g/mol. The maximum Gasteiger partial charge on any atom is 0.309 e. The molecule has 2 aromatic carbocycles. The fourth-order valence-corrected chi connectivity index (χ4v) is 6.40.